The van der Waals surface area contributed by atoms with Gasteiger partial charge in [-0.05, 0) is 31.6 Å². The van der Waals surface area contributed by atoms with Crippen molar-refractivity contribution in [3.8, 4) is 0 Å². The third-order valence-corrected chi connectivity index (χ3v) is 5.12. The molecule has 2 atom stereocenters. The fourth-order valence-electron chi connectivity index (χ4n) is 3.81. The van der Waals surface area contributed by atoms with Crippen molar-refractivity contribution >= 4 is 29.9 Å². The third-order valence-electron chi connectivity index (χ3n) is 5.12. The van der Waals surface area contributed by atoms with Gasteiger partial charge in [0.2, 0.25) is 0 Å². The van der Waals surface area contributed by atoms with Gasteiger partial charge < -0.3 is 15.0 Å². The molecular formula is C16H30IN3O. The van der Waals surface area contributed by atoms with E-state index in [4.69, 9.17) is 9.73 Å². The van der Waals surface area contributed by atoms with Crippen molar-refractivity contribution in [3.63, 3.8) is 0 Å². The summed E-state index contributed by atoms with van der Waals surface area (Å²) >= 11 is 0. The van der Waals surface area contributed by atoms with Gasteiger partial charge >= 0.3 is 0 Å². The van der Waals surface area contributed by atoms with Gasteiger partial charge in [-0.2, -0.15) is 0 Å². The second kappa shape index (κ2) is 7.49. The van der Waals surface area contributed by atoms with Crippen molar-refractivity contribution in [2.45, 2.75) is 39.5 Å². The van der Waals surface area contributed by atoms with Crippen LogP contribution in [0.25, 0.3) is 0 Å². The Morgan fingerprint density at radius 1 is 1.24 bits per heavy atom. The van der Waals surface area contributed by atoms with Crippen LogP contribution in [0.5, 0.6) is 0 Å². The van der Waals surface area contributed by atoms with E-state index in [2.05, 4.69) is 24.1 Å². The lowest BCUT2D eigenvalue weighted by Gasteiger charge is -2.37. The summed E-state index contributed by atoms with van der Waals surface area (Å²) in [5, 5.41) is 3.49. The number of guanidine groups is 1. The third kappa shape index (κ3) is 4.03. The summed E-state index contributed by atoms with van der Waals surface area (Å²) in [7, 11) is 0. The first-order valence-corrected chi connectivity index (χ1v) is 8.31. The number of likely N-dealkylation sites (tertiary alicyclic amines) is 1. The number of fused-ring (bicyclic) bond motifs is 1. The fraction of sp³-hybridized carbons (Fsp3) is 0.938. The van der Waals surface area contributed by atoms with Gasteiger partial charge in [0.1, 0.15) is 0 Å². The maximum absolute atomic E-state index is 5.33. The molecule has 0 bridgehead atoms. The Kier molecular flexibility index (Phi) is 6.17. The lowest BCUT2D eigenvalue weighted by molar-refractivity contribution is -0.0945. The Balaban J connectivity index is 0.00000161. The SMILES string of the molecule is CCNC(=NCC1(C)COC1)N1CC2CCCCC2C1.I. The van der Waals surface area contributed by atoms with E-state index < -0.39 is 0 Å². The fourth-order valence-corrected chi connectivity index (χ4v) is 3.81. The summed E-state index contributed by atoms with van der Waals surface area (Å²) in [5.41, 5.74) is 0.271. The Morgan fingerprint density at radius 3 is 2.33 bits per heavy atom. The maximum atomic E-state index is 5.33. The van der Waals surface area contributed by atoms with Crippen molar-refractivity contribution in [1.82, 2.24) is 10.2 Å². The van der Waals surface area contributed by atoms with Crippen molar-refractivity contribution in [1.29, 1.82) is 0 Å². The highest BCUT2D eigenvalue weighted by Crippen LogP contribution is 2.36. The van der Waals surface area contributed by atoms with Crippen molar-refractivity contribution < 1.29 is 4.74 Å². The van der Waals surface area contributed by atoms with E-state index in [1.165, 1.54) is 38.8 Å². The van der Waals surface area contributed by atoms with Crippen LogP contribution in [0.1, 0.15) is 39.5 Å². The zero-order valence-electron chi connectivity index (χ0n) is 13.4. The Hall–Kier alpha value is -0.0400. The van der Waals surface area contributed by atoms with Gasteiger partial charge in [0.15, 0.2) is 5.96 Å². The number of nitrogens with zero attached hydrogens (tertiary/aromatic N) is 2. The molecule has 2 heterocycles. The first kappa shape index (κ1) is 17.3. The lowest BCUT2D eigenvalue weighted by atomic mass is 9.82. The summed E-state index contributed by atoms with van der Waals surface area (Å²) in [6, 6.07) is 0. The smallest absolute Gasteiger partial charge is 0.193 e. The van der Waals surface area contributed by atoms with E-state index >= 15 is 0 Å². The van der Waals surface area contributed by atoms with Gasteiger partial charge in [0.05, 0.1) is 19.8 Å². The number of hydrogen-bond acceptors (Lipinski definition) is 2. The number of aliphatic imine (C=N–C) groups is 1. The zero-order valence-corrected chi connectivity index (χ0v) is 15.8. The quantitative estimate of drug-likeness (QED) is 0.444. The molecule has 0 radical (unpaired) electrons. The largest absolute Gasteiger partial charge is 0.380 e. The molecule has 3 rings (SSSR count). The van der Waals surface area contributed by atoms with Crippen LogP contribution in [0.4, 0.5) is 0 Å². The summed E-state index contributed by atoms with van der Waals surface area (Å²) in [6.07, 6.45) is 5.70. The minimum atomic E-state index is 0. The van der Waals surface area contributed by atoms with Gasteiger partial charge in [-0.15, -0.1) is 24.0 Å². The molecule has 122 valence electrons. The zero-order chi connectivity index (χ0) is 14.0. The highest BCUT2D eigenvalue weighted by molar-refractivity contribution is 14.0. The van der Waals surface area contributed by atoms with Crippen LogP contribution in [-0.2, 0) is 4.74 Å². The molecule has 0 aromatic carbocycles. The van der Waals surface area contributed by atoms with Crippen LogP contribution >= 0.6 is 24.0 Å². The molecule has 1 saturated carbocycles. The summed E-state index contributed by atoms with van der Waals surface area (Å²) in [5.74, 6) is 2.96. The van der Waals surface area contributed by atoms with Crippen LogP contribution in [0.15, 0.2) is 4.99 Å². The molecule has 1 aliphatic carbocycles. The van der Waals surface area contributed by atoms with E-state index in [0.29, 0.717) is 0 Å². The van der Waals surface area contributed by atoms with Crippen molar-refractivity contribution in [3.05, 3.63) is 0 Å². The monoisotopic (exact) mass is 407 g/mol. The Morgan fingerprint density at radius 2 is 1.86 bits per heavy atom. The second-order valence-corrected chi connectivity index (χ2v) is 7.18. The minimum absolute atomic E-state index is 0. The highest BCUT2D eigenvalue weighted by atomic mass is 127. The van der Waals surface area contributed by atoms with E-state index in [0.717, 1.165) is 44.1 Å². The molecule has 0 aromatic heterocycles. The molecule has 21 heavy (non-hydrogen) atoms. The van der Waals surface area contributed by atoms with E-state index in [1.807, 2.05) is 0 Å². The molecule has 0 spiro atoms. The Labute approximate surface area is 146 Å². The molecule has 4 nitrogen and oxygen atoms in total. The number of nitrogens with one attached hydrogen (secondary N) is 1. The molecule has 5 heteroatoms. The Bertz CT molecular complexity index is 357. The maximum Gasteiger partial charge on any atom is 0.193 e. The highest BCUT2D eigenvalue weighted by Gasteiger charge is 2.37. The molecule has 3 fully saturated rings. The molecule has 2 aliphatic heterocycles. The molecular weight excluding hydrogens is 377 g/mol. The number of halogens is 1. The van der Waals surface area contributed by atoms with E-state index in [9.17, 15) is 0 Å². The normalized spacial score (nSPS) is 31.1. The minimum Gasteiger partial charge on any atom is -0.380 e. The standard InChI is InChI=1S/C16H29N3O.HI/c1-3-17-15(18-10-16(2)11-20-12-16)19-8-13-6-4-5-7-14(13)9-19;/h13-14H,3-12H2,1-2H3,(H,17,18);1H. The van der Waals surface area contributed by atoms with E-state index in [-0.39, 0.29) is 29.4 Å². The molecule has 1 N–H and O–H groups in total. The molecule has 2 unspecified atom stereocenters. The summed E-state index contributed by atoms with van der Waals surface area (Å²) in [6.45, 7) is 10.4. The first-order valence-electron chi connectivity index (χ1n) is 8.31. The van der Waals surface area contributed by atoms with Crippen LogP contribution in [0.3, 0.4) is 0 Å². The molecule has 3 aliphatic rings. The van der Waals surface area contributed by atoms with Gasteiger partial charge in [-0.25, -0.2) is 0 Å². The van der Waals surface area contributed by atoms with Crippen molar-refractivity contribution in [2.75, 3.05) is 39.4 Å². The first-order chi connectivity index (χ1) is 9.70. The molecule has 2 saturated heterocycles. The number of ether oxygens (including phenoxy) is 1. The predicted octanol–water partition coefficient (Wildman–Crippen LogP) is 2.73. The van der Waals surface area contributed by atoms with Crippen LogP contribution in [0, 0.1) is 17.3 Å². The number of hydrogen-bond donors (Lipinski definition) is 1. The van der Waals surface area contributed by atoms with Crippen LogP contribution in [-0.4, -0.2) is 50.3 Å². The average molecular weight is 407 g/mol. The van der Waals surface area contributed by atoms with Crippen molar-refractivity contribution in [2.24, 2.45) is 22.2 Å². The predicted molar refractivity (Wildman–Crippen MR) is 97.3 cm³/mol. The summed E-state index contributed by atoms with van der Waals surface area (Å²) < 4.78 is 5.33. The van der Waals surface area contributed by atoms with E-state index in [1.54, 1.807) is 0 Å². The van der Waals surface area contributed by atoms with Gasteiger partial charge in [-0.3, -0.25) is 4.99 Å². The summed E-state index contributed by atoms with van der Waals surface area (Å²) in [4.78, 5) is 7.41. The molecule has 0 aromatic rings. The topological polar surface area (TPSA) is 36.9 Å². The lowest BCUT2D eigenvalue weighted by Crippen LogP contribution is -2.45. The van der Waals surface area contributed by atoms with Crippen LogP contribution < -0.4 is 5.32 Å². The number of rotatable bonds is 3. The van der Waals surface area contributed by atoms with Crippen LogP contribution in [0.2, 0.25) is 0 Å². The average Bonchev–Trinajstić information content (AvgIpc) is 2.85. The van der Waals surface area contributed by atoms with Gasteiger partial charge in [0, 0.05) is 25.0 Å². The van der Waals surface area contributed by atoms with Gasteiger partial charge in [-0.1, -0.05) is 19.8 Å². The second-order valence-electron chi connectivity index (χ2n) is 7.18. The van der Waals surface area contributed by atoms with Gasteiger partial charge in [0.25, 0.3) is 0 Å². The molecule has 0 amide bonds.